The first-order valence-electron chi connectivity index (χ1n) is 4.22. The minimum atomic E-state index is -0.475. The van der Waals surface area contributed by atoms with Crippen LogP contribution in [0.15, 0.2) is 24.3 Å². The van der Waals surface area contributed by atoms with Crippen LogP contribution in [-0.2, 0) is 0 Å². The first kappa shape index (κ1) is 9.79. The Morgan fingerprint density at radius 2 is 2.00 bits per heavy atom. The number of hydrogen-bond donors (Lipinski definition) is 2. The lowest BCUT2D eigenvalue weighted by molar-refractivity contribution is 0.170. The normalized spacial score (nSPS) is 12.1. The van der Waals surface area contributed by atoms with Crippen LogP contribution in [0.1, 0.15) is 23.7 Å². The van der Waals surface area contributed by atoms with Crippen LogP contribution in [0.2, 0.25) is 0 Å². The molecule has 1 atom stereocenters. The Kier molecular flexibility index (Phi) is 3.51. The minimum absolute atomic E-state index is 0.475. The Morgan fingerprint density at radius 1 is 1.38 bits per heavy atom. The smallest absolute Gasteiger partial charge is 0.0802 e. The monoisotopic (exact) mass is 175 g/mol. The summed E-state index contributed by atoms with van der Waals surface area (Å²) in [4.78, 5) is 0. The Hall–Kier alpha value is -1.30. The number of nitrogens with two attached hydrogens (primary N) is 1. The summed E-state index contributed by atoms with van der Waals surface area (Å²) in [5.74, 6) is 2.52. The van der Waals surface area contributed by atoms with Crippen LogP contribution in [0.4, 0.5) is 0 Å². The zero-order valence-electron chi connectivity index (χ0n) is 7.40. The lowest BCUT2D eigenvalue weighted by Gasteiger charge is -2.08. The second kappa shape index (κ2) is 4.66. The Labute approximate surface area is 78.4 Å². The molecule has 3 N–H and O–H groups in total. The van der Waals surface area contributed by atoms with Crippen molar-refractivity contribution in [2.24, 2.45) is 5.73 Å². The van der Waals surface area contributed by atoms with E-state index in [-0.39, 0.29) is 0 Å². The molecule has 0 heterocycles. The summed E-state index contributed by atoms with van der Waals surface area (Å²) >= 11 is 0. The average molecular weight is 175 g/mol. The van der Waals surface area contributed by atoms with E-state index in [0.29, 0.717) is 13.0 Å². The van der Waals surface area contributed by atoms with Crippen molar-refractivity contribution < 1.29 is 5.11 Å². The minimum Gasteiger partial charge on any atom is -0.388 e. The number of terminal acetylenes is 1. The molecule has 1 aromatic rings. The van der Waals surface area contributed by atoms with Gasteiger partial charge in [0.2, 0.25) is 0 Å². The predicted octanol–water partition coefficient (Wildman–Crippen LogP) is 1.05. The molecule has 0 aliphatic heterocycles. The van der Waals surface area contributed by atoms with Gasteiger partial charge in [-0.25, -0.2) is 0 Å². The molecular weight excluding hydrogens is 162 g/mol. The molecule has 2 heteroatoms. The van der Waals surface area contributed by atoms with Gasteiger partial charge in [-0.15, -0.1) is 6.42 Å². The third kappa shape index (κ3) is 2.59. The lowest BCUT2D eigenvalue weighted by Crippen LogP contribution is -2.06. The van der Waals surface area contributed by atoms with Crippen molar-refractivity contribution in [2.75, 3.05) is 6.54 Å². The molecule has 1 rings (SSSR count). The fourth-order valence-corrected chi connectivity index (χ4v) is 1.13. The van der Waals surface area contributed by atoms with Crippen LogP contribution in [-0.4, -0.2) is 11.7 Å². The zero-order valence-corrected chi connectivity index (χ0v) is 7.40. The Balaban J connectivity index is 2.75. The number of benzene rings is 1. The van der Waals surface area contributed by atoms with Crippen molar-refractivity contribution >= 4 is 0 Å². The average Bonchev–Trinajstić information content (AvgIpc) is 2.18. The van der Waals surface area contributed by atoms with Gasteiger partial charge >= 0.3 is 0 Å². The van der Waals surface area contributed by atoms with Crippen molar-refractivity contribution in [3.05, 3.63) is 35.4 Å². The van der Waals surface area contributed by atoms with E-state index in [0.717, 1.165) is 11.1 Å². The maximum absolute atomic E-state index is 9.55. The summed E-state index contributed by atoms with van der Waals surface area (Å²) in [7, 11) is 0. The second-order valence-electron chi connectivity index (χ2n) is 2.86. The van der Waals surface area contributed by atoms with E-state index in [9.17, 15) is 5.11 Å². The van der Waals surface area contributed by atoms with Crippen molar-refractivity contribution in [1.29, 1.82) is 0 Å². The number of rotatable bonds is 3. The fraction of sp³-hybridized carbons (Fsp3) is 0.273. The van der Waals surface area contributed by atoms with Gasteiger partial charge in [-0.1, -0.05) is 18.1 Å². The summed E-state index contributed by atoms with van der Waals surface area (Å²) in [5, 5.41) is 9.55. The first-order valence-corrected chi connectivity index (χ1v) is 4.22. The molecule has 0 aliphatic carbocycles. The molecule has 0 fully saturated rings. The standard InChI is InChI=1S/C11H13NO/c1-2-9-3-5-10(6-4-9)11(13)7-8-12/h1,3-6,11,13H,7-8,12H2/t11-/m0/s1. The molecular formula is C11H13NO. The van der Waals surface area contributed by atoms with E-state index in [4.69, 9.17) is 12.2 Å². The molecule has 0 aromatic heterocycles. The molecule has 13 heavy (non-hydrogen) atoms. The van der Waals surface area contributed by atoms with Gasteiger partial charge < -0.3 is 10.8 Å². The molecule has 0 amide bonds. The van der Waals surface area contributed by atoms with Crippen LogP contribution in [0.25, 0.3) is 0 Å². The fourth-order valence-electron chi connectivity index (χ4n) is 1.13. The molecule has 0 unspecified atom stereocenters. The molecule has 0 saturated carbocycles. The van der Waals surface area contributed by atoms with E-state index in [1.54, 1.807) is 0 Å². The van der Waals surface area contributed by atoms with Crippen LogP contribution in [0.5, 0.6) is 0 Å². The van der Waals surface area contributed by atoms with E-state index >= 15 is 0 Å². The third-order valence-corrected chi connectivity index (χ3v) is 1.90. The summed E-state index contributed by atoms with van der Waals surface area (Å²) in [6, 6.07) is 7.29. The van der Waals surface area contributed by atoms with E-state index in [1.165, 1.54) is 0 Å². The van der Waals surface area contributed by atoms with Crippen LogP contribution >= 0.6 is 0 Å². The maximum atomic E-state index is 9.55. The van der Waals surface area contributed by atoms with E-state index < -0.39 is 6.10 Å². The second-order valence-corrected chi connectivity index (χ2v) is 2.86. The molecule has 0 saturated heterocycles. The van der Waals surface area contributed by atoms with Gasteiger partial charge in [0.1, 0.15) is 0 Å². The van der Waals surface area contributed by atoms with Crippen molar-refractivity contribution in [2.45, 2.75) is 12.5 Å². The first-order chi connectivity index (χ1) is 6.27. The molecule has 0 radical (unpaired) electrons. The van der Waals surface area contributed by atoms with Crippen molar-refractivity contribution in [1.82, 2.24) is 0 Å². The summed E-state index contributed by atoms with van der Waals surface area (Å²) in [6.07, 6.45) is 5.31. The van der Waals surface area contributed by atoms with Crippen molar-refractivity contribution in [3.63, 3.8) is 0 Å². The summed E-state index contributed by atoms with van der Waals surface area (Å²) in [6.45, 7) is 0.484. The van der Waals surface area contributed by atoms with Gasteiger partial charge in [-0.05, 0) is 30.7 Å². The van der Waals surface area contributed by atoms with Gasteiger partial charge in [-0.3, -0.25) is 0 Å². The van der Waals surface area contributed by atoms with Gasteiger partial charge in [0.05, 0.1) is 6.10 Å². The van der Waals surface area contributed by atoms with Crippen LogP contribution < -0.4 is 5.73 Å². The van der Waals surface area contributed by atoms with E-state index in [1.807, 2.05) is 24.3 Å². The predicted molar refractivity (Wildman–Crippen MR) is 53.0 cm³/mol. The topological polar surface area (TPSA) is 46.2 Å². The summed E-state index contributed by atoms with van der Waals surface area (Å²) in [5.41, 5.74) is 7.02. The number of aliphatic hydroxyl groups excluding tert-OH is 1. The van der Waals surface area contributed by atoms with Gasteiger partial charge in [0.25, 0.3) is 0 Å². The molecule has 2 nitrogen and oxygen atoms in total. The van der Waals surface area contributed by atoms with Crippen LogP contribution in [0, 0.1) is 12.3 Å². The van der Waals surface area contributed by atoms with Crippen LogP contribution in [0.3, 0.4) is 0 Å². The largest absolute Gasteiger partial charge is 0.388 e. The SMILES string of the molecule is C#Cc1ccc([C@@H](O)CCN)cc1. The Morgan fingerprint density at radius 3 is 2.46 bits per heavy atom. The quantitative estimate of drug-likeness (QED) is 0.674. The van der Waals surface area contributed by atoms with Gasteiger partial charge in [0.15, 0.2) is 0 Å². The zero-order chi connectivity index (χ0) is 9.68. The molecule has 0 bridgehead atoms. The van der Waals surface area contributed by atoms with E-state index in [2.05, 4.69) is 5.92 Å². The van der Waals surface area contributed by atoms with Gasteiger partial charge in [-0.2, -0.15) is 0 Å². The summed E-state index contributed by atoms with van der Waals surface area (Å²) < 4.78 is 0. The Bertz CT molecular complexity index is 297. The highest BCUT2D eigenvalue weighted by Crippen LogP contribution is 2.15. The third-order valence-electron chi connectivity index (χ3n) is 1.90. The molecule has 68 valence electrons. The van der Waals surface area contributed by atoms with Crippen molar-refractivity contribution in [3.8, 4) is 12.3 Å². The van der Waals surface area contributed by atoms with Gasteiger partial charge in [0, 0.05) is 5.56 Å². The molecule has 1 aromatic carbocycles. The highest BCUT2D eigenvalue weighted by Gasteiger charge is 2.04. The number of aliphatic hydroxyl groups is 1. The lowest BCUT2D eigenvalue weighted by atomic mass is 10.1. The number of hydrogen-bond acceptors (Lipinski definition) is 2. The highest BCUT2D eigenvalue weighted by molar-refractivity contribution is 5.34. The molecule has 0 spiro atoms. The highest BCUT2D eigenvalue weighted by atomic mass is 16.3. The maximum Gasteiger partial charge on any atom is 0.0802 e. The molecule has 0 aliphatic rings.